The second-order valence-electron chi connectivity index (χ2n) is 5.54. The number of thiazole rings is 1. The highest BCUT2D eigenvalue weighted by Gasteiger charge is 2.14. The number of rotatable bonds is 7. The summed E-state index contributed by atoms with van der Waals surface area (Å²) in [4.78, 5) is 16.5. The van der Waals surface area contributed by atoms with Crippen molar-refractivity contribution in [3.05, 3.63) is 41.4 Å². The molecule has 8 heteroatoms. The Morgan fingerprint density at radius 2 is 2.08 bits per heavy atom. The molecule has 3 aromatic rings. The van der Waals surface area contributed by atoms with Crippen molar-refractivity contribution >= 4 is 23.1 Å². The number of aryl methyl sites for hydroxylation is 1. The van der Waals surface area contributed by atoms with E-state index in [-0.39, 0.29) is 12.5 Å². The van der Waals surface area contributed by atoms with Crippen LogP contribution in [-0.2, 0) is 9.53 Å². The van der Waals surface area contributed by atoms with Gasteiger partial charge in [0.1, 0.15) is 18.2 Å². The highest BCUT2D eigenvalue weighted by atomic mass is 32.1. The molecule has 0 fully saturated rings. The minimum Gasteiger partial charge on any atom is -0.494 e. The lowest BCUT2D eigenvalue weighted by Crippen LogP contribution is -2.19. The summed E-state index contributed by atoms with van der Waals surface area (Å²) >= 11 is 1.46. The topological polar surface area (TPSA) is 78.3 Å². The molecule has 0 bridgehead atoms. The second-order valence-corrected chi connectivity index (χ2v) is 6.37. The zero-order valence-electron chi connectivity index (χ0n) is 14.9. The van der Waals surface area contributed by atoms with E-state index in [4.69, 9.17) is 9.47 Å². The van der Waals surface area contributed by atoms with Gasteiger partial charge in [-0.3, -0.25) is 4.79 Å². The minimum atomic E-state index is -0.239. The molecule has 2 heterocycles. The van der Waals surface area contributed by atoms with Crippen molar-refractivity contribution in [2.24, 2.45) is 0 Å². The zero-order chi connectivity index (χ0) is 18.5. The van der Waals surface area contributed by atoms with Gasteiger partial charge >= 0.3 is 0 Å². The first-order valence-corrected chi connectivity index (χ1v) is 9.03. The van der Waals surface area contributed by atoms with Crippen LogP contribution in [0.3, 0.4) is 0 Å². The molecule has 26 heavy (non-hydrogen) atoms. The normalized spacial score (nSPS) is 10.7. The number of carbonyl (C=O) groups is 1. The zero-order valence-corrected chi connectivity index (χ0v) is 15.7. The SMILES string of the molecule is CCOc1ccc(-c2csc(-n3nc(C)cc3NC(=O)COC)n2)cc1. The molecule has 0 spiro atoms. The summed E-state index contributed by atoms with van der Waals surface area (Å²) in [6.45, 7) is 4.44. The van der Waals surface area contributed by atoms with Crippen LogP contribution >= 0.6 is 11.3 Å². The van der Waals surface area contributed by atoms with Gasteiger partial charge in [-0.2, -0.15) is 9.78 Å². The van der Waals surface area contributed by atoms with Crippen molar-refractivity contribution < 1.29 is 14.3 Å². The van der Waals surface area contributed by atoms with Gasteiger partial charge in [-0.25, -0.2) is 4.98 Å². The van der Waals surface area contributed by atoms with Gasteiger partial charge in [0, 0.05) is 24.1 Å². The average Bonchev–Trinajstić information content (AvgIpc) is 3.23. The number of ether oxygens (including phenoxy) is 2. The summed E-state index contributed by atoms with van der Waals surface area (Å²) < 4.78 is 11.9. The Morgan fingerprint density at radius 3 is 2.77 bits per heavy atom. The number of hydrogen-bond acceptors (Lipinski definition) is 6. The van der Waals surface area contributed by atoms with Crippen molar-refractivity contribution in [2.45, 2.75) is 13.8 Å². The number of hydrogen-bond donors (Lipinski definition) is 1. The molecule has 1 N–H and O–H groups in total. The van der Waals surface area contributed by atoms with Crippen molar-refractivity contribution in [3.8, 4) is 22.1 Å². The van der Waals surface area contributed by atoms with Crippen LogP contribution in [0.25, 0.3) is 16.4 Å². The Labute approximate surface area is 155 Å². The Kier molecular flexibility index (Phi) is 5.65. The minimum absolute atomic E-state index is 0.0144. The predicted octanol–water partition coefficient (Wildman–Crippen LogP) is 3.29. The molecule has 1 aromatic carbocycles. The molecule has 1 amide bonds. The quantitative estimate of drug-likeness (QED) is 0.688. The summed E-state index contributed by atoms with van der Waals surface area (Å²) in [5, 5.41) is 9.85. The fourth-order valence-electron chi connectivity index (χ4n) is 2.43. The molecule has 136 valence electrons. The van der Waals surface area contributed by atoms with Crippen molar-refractivity contribution in [1.29, 1.82) is 0 Å². The van der Waals surface area contributed by atoms with E-state index in [0.29, 0.717) is 17.6 Å². The molecule has 2 aromatic heterocycles. The number of methoxy groups -OCH3 is 1. The van der Waals surface area contributed by atoms with Gasteiger partial charge in [0.15, 0.2) is 0 Å². The molecule has 0 aliphatic rings. The Morgan fingerprint density at radius 1 is 1.31 bits per heavy atom. The van der Waals surface area contributed by atoms with E-state index in [0.717, 1.165) is 22.7 Å². The number of nitrogens with zero attached hydrogens (tertiary/aromatic N) is 3. The lowest BCUT2D eigenvalue weighted by molar-refractivity contribution is -0.119. The largest absolute Gasteiger partial charge is 0.494 e. The summed E-state index contributed by atoms with van der Waals surface area (Å²) in [6, 6.07) is 9.59. The first-order valence-electron chi connectivity index (χ1n) is 8.15. The van der Waals surface area contributed by atoms with Crippen LogP contribution in [0.5, 0.6) is 5.75 Å². The third-order valence-corrected chi connectivity index (χ3v) is 4.32. The van der Waals surface area contributed by atoms with Crippen LogP contribution < -0.4 is 10.1 Å². The smallest absolute Gasteiger partial charge is 0.251 e. The maximum Gasteiger partial charge on any atom is 0.251 e. The number of carbonyl (C=O) groups excluding carboxylic acids is 1. The standard InChI is InChI=1S/C18H20N4O3S/c1-4-25-14-7-5-13(6-8-14)15-11-26-18(19-15)22-16(9-12(2)21-22)20-17(23)10-24-3/h5-9,11H,4,10H2,1-3H3,(H,20,23). The summed E-state index contributed by atoms with van der Waals surface area (Å²) in [5.41, 5.74) is 2.62. The van der Waals surface area contributed by atoms with Gasteiger partial charge in [-0.1, -0.05) is 0 Å². The molecule has 3 rings (SSSR count). The van der Waals surface area contributed by atoms with Crippen LogP contribution in [-0.4, -0.2) is 41.0 Å². The molecule has 0 radical (unpaired) electrons. The van der Waals surface area contributed by atoms with Crippen LogP contribution in [0.4, 0.5) is 5.82 Å². The Bertz CT molecular complexity index is 886. The lowest BCUT2D eigenvalue weighted by Gasteiger charge is -2.06. The van der Waals surface area contributed by atoms with Gasteiger partial charge in [0.25, 0.3) is 5.91 Å². The summed E-state index contributed by atoms with van der Waals surface area (Å²) in [6.07, 6.45) is 0. The molecule has 0 aliphatic heterocycles. The number of nitrogens with one attached hydrogen (secondary N) is 1. The van der Waals surface area contributed by atoms with Gasteiger partial charge in [-0.15, -0.1) is 11.3 Å². The predicted molar refractivity (Wildman–Crippen MR) is 101 cm³/mol. The molecule has 0 saturated heterocycles. The van der Waals surface area contributed by atoms with Gasteiger partial charge < -0.3 is 14.8 Å². The fourth-order valence-corrected chi connectivity index (χ4v) is 3.22. The lowest BCUT2D eigenvalue weighted by atomic mass is 10.2. The third kappa shape index (κ3) is 4.09. The maximum absolute atomic E-state index is 11.8. The van der Waals surface area contributed by atoms with Gasteiger partial charge in [0.05, 0.1) is 18.0 Å². The summed E-state index contributed by atoms with van der Waals surface area (Å²) in [7, 11) is 1.48. The molecule has 0 unspecified atom stereocenters. The number of anilines is 1. The number of aromatic nitrogens is 3. The Balaban J connectivity index is 1.84. The van der Waals surface area contributed by atoms with Crippen molar-refractivity contribution in [1.82, 2.24) is 14.8 Å². The van der Waals surface area contributed by atoms with E-state index >= 15 is 0 Å². The molecular formula is C18H20N4O3S. The Hall–Kier alpha value is -2.71. The van der Waals surface area contributed by atoms with Crippen molar-refractivity contribution in [3.63, 3.8) is 0 Å². The highest BCUT2D eigenvalue weighted by molar-refractivity contribution is 7.12. The molecular weight excluding hydrogens is 352 g/mol. The van der Waals surface area contributed by atoms with E-state index in [1.807, 2.05) is 43.5 Å². The molecule has 7 nitrogen and oxygen atoms in total. The van der Waals surface area contributed by atoms with E-state index in [9.17, 15) is 4.79 Å². The fraction of sp³-hybridized carbons (Fsp3) is 0.278. The van der Waals surface area contributed by atoms with E-state index < -0.39 is 0 Å². The molecule has 0 atom stereocenters. The van der Waals surface area contributed by atoms with Gasteiger partial charge in [0.2, 0.25) is 5.13 Å². The second kappa shape index (κ2) is 8.11. The average molecular weight is 372 g/mol. The van der Waals surface area contributed by atoms with Crippen LogP contribution in [0.15, 0.2) is 35.7 Å². The van der Waals surface area contributed by atoms with Crippen LogP contribution in [0.1, 0.15) is 12.6 Å². The van der Waals surface area contributed by atoms with Crippen molar-refractivity contribution in [2.75, 3.05) is 25.6 Å². The molecule has 0 aliphatic carbocycles. The van der Waals surface area contributed by atoms with E-state index in [1.165, 1.54) is 18.4 Å². The third-order valence-electron chi connectivity index (χ3n) is 3.51. The van der Waals surface area contributed by atoms with Gasteiger partial charge in [-0.05, 0) is 38.1 Å². The van der Waals surface area contributed by atoms with Crippen LogP contribution in [0, 0.1) is 6.92 Å². The molecule has 0 saturated carbocycles. The van der Waals surface area contributed by atoms with E-state index in [1.54, 1.807) is 10.7 Å². The maximum atomic E-state index is 11.8. The first kappa shape index (κ1) is 18.1. The number of amides is 1. The van der Waals surface area contributed by atoms with Crippen LogP contribution in [0.2, 0.25) is 0 Å². The highest BCUT2D eigenvalue weighted by Crippen LogP contribution is 2.27. The van der Waals surface area contributed by atoms with E-state index in [2.05, 4.69) is 15.4 Å². The summed E-state index contributed by atoms with van der Waals surface area (Å²) in [5.74, 6) is 1.16. The number of benzene rings is 1. The first-order chi connectivity index (χ1) is 12.6. The monoisotopic (exact) mass is 372 g/mol.